The molecule has 0 amide bonds. The molecule has 0 aliphatic rings. The van der Waals surface area contributed by atoms with Crippen LogP contribution in [0.2, 0.25) is 0 Å². The van der Waals surface area contributed by atoms with E-state index in [0.717, 1.165) is 0 Å². The van der Waals surface area contributed by atoms with Crippen molar-refractivity contribution >= 4 is 11.8 Å². The maximum Gasteiger partial charge on any atom is 0.251 e. The summed E-state index contributed by atoms with van der Waals surface area (Å²) in [6.07, 6.45) is 1.52. The Balaban J connectivity index is 2.89. The highest BCUT2D eigenvalue weighted by Crippen LogP contribution is 2.34. The molecule has 90 valence electrons. The van der Waals surface area contributed by atoms with Crippen LogP contribution in [0.4, 0.5) is 0 Å². The zero-order chi connectivity index (χ0) is 12.3. The van der Waals surface area contributed by atoms with Gasteiger partial charge in [-0.15, -0.1) is 0 Å². The van der Waals surface area contributed by atoms with Crippen molar-refractivity contribution in [2.75, 3.05) is 0 Å². The molecular weight excluding hydrogens is 222 g/mol. The molecule has 0 spiro atoms. The van der Waals surface area contributed by atoms with E-state index in [1.165, 1.54) is 24.0 Å². The highest BCUT2D eigenvalue weighted by Gasteiger charge is 2.29. The van der Waals surface area contributed by atoms with Crippen molar-refractivity contribution in [2.24, 2.45) is 11.1 Å². The normalized spacial score (nSPS) is 15.8. The van der Waals surface area contributed by atoms with Gasteiger partial charge in [-0.1, -0.05) is 32.5 Å². The summed E-state index contributed by atoms with van der Waals surface area (Å²) in [4.78, 5) is 18.0. The van der Waals surface area contributed by atoms with Crippen LogP contribution in [0, 0.1) is 5.41 Å². The van der Waals surface area contributed by atoms with Gasteiger partial charge >= 0.3 is 0 Å². The molecule has 0 fully saturated rings. The number of aromatic nitrogens is 2. The molecule has 0 aliphatic carbocycles. The van der Waals surface area contributed by atoms with Gasteiger partial charge in [0, 0.05) is 23.6 Å². The van der Waals surface area contributed by atoms with Gasteiger partial charge < -0.3 is 10.7 Å². The molecule has 3 N–H and O–H groups in total. The Morgan fingerprint density at radius 1 is 1.50 bits per heavy atom. The van der Waals surface area contributed by atoms with Gasteiger partial charge in [-0.2, -0.15) is 0 Å². The molecule has 1 aromatic rings. The number of nitrogens with one attached hydrogen (secondary N) is 1. The first-order chi connectivity index (χ1) is 7.30. The summed E-state index contributed by atoms with van der Waals surface area (Å²) in [7, 11) is 0. The van der Waals surface area contributed by atoms with Crippen molar-refractivity contribution in [3.8, 4) is 0 Å². The number of thioether (sulfide) groups is 1. The summed E-state index contributed by atoms with van der Waals surface area (Å²) in [6, 6.07) is 1.44. The smallest absolute Gasteiger partial charge is 0.251 e. The van der Waals surface area contributed by atoms with Crippen molar-refractivity contribution in [3.63, 3.8) is 0 Å². The van der Waals surface area contributed by atoms with Crippen molar-refractivity contribution in [2.45, 2.75) is 44.1 Å². The molecule has 0 saturated heterocycles. The Hall–Kier alpha value is -0.810. The number of hydrogen-bond donors (Lipinski definition) is 2. The highest BCUT2D eigenvalue weighted by atomic mass is 32.2. The first-order valence-electron chi connectivity index (χ1n) is 5.28. The lowest BCUT2D eigenvalue weighted by Crippen LogP contribution is -2.39. The predicted molar refractivity (Wildman–Crippen MR) is 67.6 cm³/mol. The van der Waals surface area contributed by atoms with Gasteiger partial charge in [-0.3, -0.25) is 4.79 Å². The molecule has 0 saturated carbocycles. The molecule has 5 heteroatoms. The van der Waals surface area contributed by atoms with E-state index >= 15 is 0 Å². The van der Waals surface area contributed by atoms with Crippen molar-refractivity contribution in [3.05, 3.63) is 22.6 Å². The number of aromatic amines is 1. The van der Waals surface area contributed by atoms with Gasteiger partial charge in [0.2, 0.25) is 0 Å². The third kappa shape index (κ3) is 3.64. The topological polar surface area (TPSA) is 71.8 Å². The average Bonchev–Trinajstić information content (AvgIpc) is 2.12. The molecule has 2 atom stereocenters. The second kappa shape index (κ2) is 5.01. The fraction of sp³-hybridized carbons (Fsp3) is 0.636. The zero-order valence-corrected chi connectivity index (χ0v) is 11.0. The second-order valence-electron chi connectivity index (χ2n) is 5.00. The van der Waals surface area contributed by atoms with Gasteiger partial charge in [0.15, 0.2) is 5.16 Å². The monoisotopic (exact) mass is 241 g/mol. The van der Waals surface area contributed by atoms with Crippen LogP contribution in [0.3, 0.4) is 0 Å². The molecular formula is C11H19N3OS. The predicted octanol–water partition coefficient (Wildman–Crippen LogP) is 1.62. The van der Waals surface area contributed by atoms with E-state index in [0.29, 0.717) is 5.16 Å². The Morgan fingerprint density at radius 3 is 2.56 bits per heavy atom. The molecule has 1 heterocycles. The van der Waals surface area contributed by atoms with Crippen LogP contribution >= 0.6 is 11.8 Å². The van der Waals surface area contributed by atoms with Crippen molar-refractivity contribution in [1.82, 2.24) is 9.97 Å². The summed E-state index contributed by atoms with van der Waals surface area (Å²) in [6.45, 7) is 8.38. The Labute approximate surface area is 100 Å². The number of nitrogens with zero attached hydrogens (tertiary/aromatic N) is 1. The minimum absolute atomic E-state index is 0.0375. The highest BCUT2D eigenvalue weighted by molar-refractivity contribution is 7.99. The van der Waals surface area contributed by atoms with E-state index in [4.69, 9.17) is 5.73 Å². The van der Waals surface area contributed by atoms with E-state index in [-0.39, 0.29) is 22.3 Å². The molecule has 16 heavy (non-hydrogen) atoms. The maximum absolute atomic E-state index is 11.2. The molecule has 0 aliphatic heterocycles. The van der Waals surface area contributed by atoms with Gasteiger partial charge in [0.25, 0.3) is 5.56 Å². The first-order valence-corrected chi connectivity index (χ1v) is 6.16. The summed E-state index contributed by atoms with van der Waals surface area (Å²) in [5.41, 5.74) is 5.90. The van der Waals surface area contributed by atoms with Crippen LogP contribution in [0.1, 0.15) is 27.7 Å². The molecule has 4 nitrogen and oxygen atoms in total. The molecule has 0 bridgehead atoms. The molecule has 1 aromatic heterocycles. The third-order valence-electron chi connectivity index (χ3n) is 2.22. The second-order valence-corrected chi connectivity index (χ2v) is 6.13. The Bertz CT molecular complexity index is 395. The van der Waals surface area contributed by atoms with E-state index in [9.17, 15) is 4.79 Å². The van der Waals surface area contributed by atoms with Gasteiger partial charge in [0.1, 0.15) is 0 Å². The summed E-state index contributed by atoms with van der Waals surface area (Å²) in [5.74, 6) is 0. The summed E-state index contributed by atoms with van der Waals surface area (Å²) >= 11 is 1.53. The van der Waals surface area contributed by atoms with Crippen LogP contribution < -0.4 is 11.3 Å². The van der Waals surface area contributed by atoms with Crippen molar-refractivity contribution < 1.29 is 0 Å². The van der Waals surface area contributed by atoms with Crippen LogP contribution in [0.15, 0.2) is 22.2 Å². The number of H-pyrrole nitrogens is 1. The van der Waals surface area contributed by atoms with E-state index < -0.39 is 0 Å². The van der Waals surface area contributed by atoms with Crippen molar-refractivity contribution in [1.29, 1.82) is 0 Å². The van der Waals surface area contributed by atoms with E-state index in [1.807, 2.05) is 6.92 Å². The lowest BCUT2D eigenvalue weighted by atomic mass is 9.88. The maximum atomic E-state index is 11.2. The molecule has 0 radical (unpaired) electrons. The average molecular weight is 241 g/mol. The molecule has 2 unspecified atom stereocenters. The quantitative estimate of drug-likeness (QED) is 0.623. The zero-order valence-electron chi connectivity index (χ0n) is 10.2. The fourth-order valence-electron chi connectivity index (χ4n) is 1.60. The van der Waals surface area contributed by atoms with Crippen LogP contribution in [-0.2, 0) is 0 Å². The Kier molecular flexibility index (Phi) is 4.15. The number of hydrogen-bond acceptors (Lipinski definition) is 4. The van der Waals surface area contributed by atoms with Crippen LogP contribution in [-0.4, -0.2) is 21.3 Å². The lowest BCUT2D eigenvalue weighted by molar-refractivity contribution is 0.363. The van der Waals surface area contributed by atoms with Crippen LogP contribution in [0.25, 0.3) is 0 Å². The number of rotatable bonds is 3. The largest absolute Gasteiger partial charge is 0.327 e. The molecule has 0 aromatic carbocycles. The summed E-state index contributed by atoms with van der Waals surface area (Å²) < 4.78 is 0. The van der Waals surface area contributed by atoms with Gasteiger partial charge in [-0.05, 0) is 12.3 Å². The Morgan fingerprint density at radius 2 is 2.12 bits per heavy atom. The SMILES string of the molecule is CC(N)C(Sc1nccc(=O)[nH]1)C(C)(C)C. The van der Waals surface area contributed by atoms with E-state index in [2.05, 4.69) is 30.7 Å². The molecule has 1 rings (SSSR count). The van der Waals surface area contributed by atoms with Gasteiger partial charge in [0.05, 0.1) is 0 Å². The van der Waals surface area contributed by atoms with Gasteiger partial charge in [-0.25, -0.2) is 4.98 Å². The first kappa shape index (κ1) is 13.3. The number of nitrogens with two attached hydrogens (primary N) is 1. The minimum atomic E-state index is -0.130. The minimum Gasteiger partial charge on any atom is -0.327 e. The lowest BCUT2D eigenvalue weighted by Gasteiger charge is -2.32. The van der Waals surface area contributed by atoms with E-state index in [1.54, 1.807) is 0 Å². The fourth-order valence-corrected chi connectivity index (χ4v) is 2.69. The standard InChI is InChI=1S/C11H19N3OS/c1-7(12)9(11(2,3)4)16-10-13-6-5-8(15)14-10/h5-7,9H,12H2,1-4H3,(H,13,14,15). The third-order valence-corrected chi connectivity index (χ3v) is 4.04. The summed E-state index contributed by atoms with van der Waals surface area (Å²) in [5, 5.41) is 0.836. The van der Waals surface area contributed by atoms with Crippen LogP contribution in [0.5, 0.6) is 0 Å².